The summed E-state index contributed by atoms with van der Waals surface area (Å²) < 4.78 is 16.6. The summed E-state index contributed by atoms with van der Waals surface area (Å²) >= 11 is 0. The van der Waals surface area contributed by atoms with Crippen molar-refractivity contribution in [1.82, 2.24) is 0 Å². The second kappa shape index (κ2) is 8.39. The van der Waals surface area contributed by atoms with Crippen molar-refractivity contribution in [2.24, 2.45) is 0 Å². The molecule has 0 aliphatic rings. The molecule has 0 saturated carbocycles. The first kappa shape index (κ1) is 19.1. The molecule has 0 heterocycles. The van der Waals surface area contributed by atoms with Crippen LogP contribution >= 0.6 is 7.60 Å². The van der Waals surface area contributed by atoms with Crippen molar-refractivity contribution >= 4 is 19.5 Å². The minimum Gasteiger partial charge on any atom is -0.481 e. The highest BCUT2D eigenvalue weighted by molar-refractivity contribution is 7.54. The Morgan fingerprint density at radius 2 is 1.70 bits per heavy atom. The zero-order valence-corrected chi connectivity index (χ0v) is 12.8. The summed E-state index contributed by atoms with van der Waals surface area (Å²) in [4.78, 5) is 41.9. The summed E-state index contributed by atoms with van der Waals surface area (Å²) in [6, 6.07) is 0. The fraction of sp³-hybridized carbons (Fsp3) is 0.833. The number of carbonyl (C=O) groups excluding carboxylic acids is 1. The lowest BCUT2D eigenvalue weighted by Gasteiger charge is -2.30. The molecule has 8 heteroatoms. The Labute approximate surface area is 118 Å². The molecule has 0 spiro atoms. The van der Waals surface area contributed by atoms with Gasteiger partial charge in [-0.25, -0.2) is 0 Å². The number of aliphatic carboxylic acids is 1. The maximum Gasteiger partial charge on any atom is 0.343 e. The summed E-state index contributed by atoms with van der Waals surface area (Å²) in [6.07, 6.45) is 1.10. The van der Waals surface area contributed by atoms with Crippen molar-refractivity contribution in [2.75, 3.05) is 6.61 Å². The molecule has 118 valence electrons. The Bertz CT molecular complexity index is 376. The fourth-order valence-electron chi connectivity index (χ4n) is 1.79. The van der Waals surface area contributed by atoms with Crippen molar-refractivity contribution in [3.8, 4) is 0 Å². The smallest absolute Gasteiger partial charge is 0.343 e. The Kier molecular flexibility index (Phi) is 8.01. The van der Waals surface area contributed by atoms with Gasteiger partial charge in [-0.15, -0.1) is 0 Å². The predicted octanol–water partition coefficient (Wildman–Crippen LogP) is 1.91. The van der Waals surface area contributed by atoms with E-state index < -0.39 is 31.1 Å². The normalized spacial score (nSPS) is 14.6. The molecule has 0 rings (SSSR count). The third-order valence-electron chi connectivity index (χ3n) is 3.06. The number of esters is 1. The van der Waals surface area contributed by atoms with Crippen LogP contribution in [0.2, 0.25) is 0 Å². The van der Waals surface area contributed by atoms with E-state index in [1.54, 1.807) is 6.92 Å². The Hall–Kier alpha value is -0.910. The number of unbranched alkanes of at least 4 members (excludes halogenated alkanes) is 2. The molecule has 20 heavy (non-hydrogen) atoms. The van der Waals surface area contributed by atoms with Crippen LogP contribution in [0.5, 0.6) is 0 Å². The number of hydrogen-bond acceptors (Lipinski definition) is 4. The van der Waals surface area contributed by atoms with E-state index in [0.717, 1.165) is 6.42 Å². The van der Waals surface area contributed by atoms with Gasteiger partial charge in [0.1, 0.15) is 0 Å². The molecule has 0 amide bonds. The lowest BCUT2D eigenvalue weighted by molar-refractivity contribution is -0.152. The minimum atomic E-state index is -4.95. The number of hydrogen-bond donors (Lipinski definition) is 3. The van der Waals surface area contributed by atoms with Crippen LogP contribution in [0.25, 0.3) is 0 Å². The Morgan fingerprint density at radius 3 is 2.10 bits per heavy atom. The Morgan fingerprint density at radius 1 is 1.15 bits per heavy atom. The standard InChI is InChI=1S/C12H23O7P/c1-3-5-7-12(9-10(13)14,20(16,17)18)11(15)19-8-6-4-2/h3-9H2,1-2H3,(H,13,14)(H2,16,17,18). The van der Waals surface area contributed by atoms with E-state index in [4.69, 9.17) is 9.84 Å². The third-order valence-corrected chi connectivity index (χ3v) is 4.74. The first-order chi connectivity index (χ1) is 9.21. The number of ether oxygens (including phenoxy) is 1. The van der Waals surface area contributed by atoms with Crippen molar-refractivity contribution in [3.05, 3.63) is 0 Å². The van der Waals surface area contributed by atoms with Crippen LogP contribution in [0, 0.1) is 0 Å². The van der Waals surface area contributed by atoms with Crippen LogP contribution in [-0.4, -0.2) is 38.6 Å². The largest absolute Gasteiger partial charge is 0.481 e. The number of carbonyl (C=O) groups is 2. The van der Waals surface area contributed by atoms with Crippen LogP contribution in [0.15, 0.2) is 0 Å². The van der Waals surface area contributed by atoms with E-state index >= 15 is 0 Å². The molecular weight excluding hydrogens is 287 g/mol. The molecule has 0 radical (unpaired) electrons. The molecule has 0 saturated heterocycles. The second-order valence-electron chi connectivity index (χ2n) is 4.74. The summed E-state index contributed by atoms with van der Waals surface area (Å²) in [5.74, 6) is -2.55. The maximum atomic E-state index is 12.1. The third kappa shape index (κ3) is 5.23. The molecule has 0 aliphatic heterocycles. The zero-order valence-electron chi connectivity index (χ0n) is 11.9. The highest BCUT2D eigenvalue weighted by atomic mass is 31.2. The van der Waals surface area contributed by atoms with E-state index in [0.29, 0.717) is 19.3 Å². The highest BCUT2D eigenvalue weighted by Crippen LogP contribution is 2.56. The molecule has 0 aromatic heterocycles. The number of carboxylic acid groups (broad SMARTS) is 1. The van der Waals surface area contributed by atoms with Crippen LogP contribution in [0.1, 0.15) is 52.4 Å². The fourth-order valence-corrected chi connectivity index (χ4v) is 2.89. The topological polar surface area (TPSA) is 121 Å². The van der Waals surface area contributed by atoms with Crippen LogP contribution in [0.3, 0.4) is 0 Å². The molecule has 1 atom stereocenters. The van der Waals surface area contributed by atoms with E-state index in [-0.39, 0.29) is 13.0 Å². The van der Waals surface area contributed by atoms with Crippen LogP contribution < -0.4 is 0 Å². The van der Waals surface area contributed by atoms with Gasteiger partial charge < -0.3 is 19.6 Å². The lowest BCUT2D eigenvalue weighted by atomic mass is 9.97. The molecule has 3 N–H and O–H groups in total. The van der Waals surface area contributed by atoms with Gasteiger partial charge in [0.15, 0.2) is 5.16 Å². The van der Waals surface area contributed by atoms with E-state index in [1.807, 2.05) is 6.92 Å². The SMILES string of the molecule is CCCCOC(=O)C(CCCC)(CC(=O)O)P(=O)(O)O. The van der Waals surface area contributed by atoms with Gasteiger partial charge in [0.05, 0.1) is 13.0 Å². The van der Waals surface area contributed by atoms with Gasteiger partial charge in [0, 0.05) is 0 Å². The molecule has 0 fully saturated rings. The van der Waals surface area contributed by atoms with E-state index in [9.17, 15) is 23.9 Å². The van der Waals surface area contributed by atoms with Gasteiger partial charge >= 0.3 is 19.5 Å². The summed E-state index contributed by atoms with van der Waals surface area (Å²) in [6.45, 7) is 3.69. The van der Waals surface area contributed by atoms with Gasteiger partial charge in [-0.3, -0.25) is 14.2 Å². The predicted molar refractivity (Wildman–Crippen MR) is 72.4 cm³/mol. The molecule has 7 nitrogen and oxygen atoms in total. The first-order valence-electron chi connectivity index (χ1n) is 6.66. The number of carboxylic acids is 1. The van der Waals surface area contributed by atoms with Gasteiger partial charge in [-0.05, 0) is 12.8 Å². The average molecular weight is 310 g/mol. The highest BCUT2D eigenvalue weighted by Gasteiger charge is 2.55. The Balaban J connectivity index is 5.31. The first-order valence-corrected chi connectivity index (χ1v) is 8.27. The summed E-state index contributed by atoms with van der Waals surface area (Å²) in [5.41, 5.74) is 0. The molecule has 0 aromatic rings. The van der Waals surface area contributed by atoms with Crippen LogP contribution in [-0.2, 0) is 18.9 Å². The average Bonchev–Trinajstić information content (AvgIpc) is 2.32. The lowest BCUT2D eigenvalue weighted by Crippen LogP contribution is -2.42. The zero-order chi connectivity index (χ0) is 15.8. The second-order valence-corrected chi connectivity index (χ2v) is 6.68. The quantitative estimate of drug-likeness (QED) is 0.320. The van der Waals surface area contributed by atoms with E-state index in [2.05, 4.69) is 0 Å². The van der Waals surface area contributed by atoms with Crippen molar-refractivity contribution in [2.45, 2.75) is 57.5 Å². The molecule has 0 bridgehead atoms. The molecular formula is C12H23O7P. The van der Waals surface area contributed by atoms with Crippen molar-refractivity contribution in [1.29, 1.82) is 0 Å². The van der Waals surface area contributed by atoms with Gasteiger partial charge in [0.25, 0.3) is 0 Å². The summed E-state index contributed by atoms with van der Waals surface area (Å²) in [5, 5.41) is 6.61. The van der Waals surface area contributed by atoms with Gasteiger partial charge in [-0.1, -0.05) is 33.1 Å². The minimum absolute atomic E-state index is 0.0306. The maximum absolute atomic E-state index is 12.1. The van der Waals surface area contributed by atoms with Gasteiger partial charge in [0.2, 0.25) is 0 Å². The monoisotopic (exact) mass is 310 g/mol. The molecule has 1 unspecified atom stereocenters. The van der Waals surface area contributed by atoms with Gasteiger partial charge in [-0.2, -0.15) is 0 Å². The van der Waals surface area contributed by atoms with E-state index in [1.165, 1.54) is 0 Å². The van der Waals surface area contributed by atoms with Crippen LogP contribution in [0.4, 0.5) is 0 Å². The molecule has 0 aromatic carbocycles. The summed E-state index contributed by atoms with van der Waals surface area (Å²) in [7, 11) is -4.95. The van der Waals surface area contributed by atoms with Crippen molar-refractivity contribution in [3.63, 3.8) is 0 Å². The number of rotatable bonds is 10. The van der Waals surface area contributed by atoms with Crippen molar-refractivity contribution < 1.29 is 33.8 Å². The molecule has 0 aliphatic carbocycles.